The van der Waals surface area contributed by atoms with Crippen molar-refractivity contribution in [3.05, 3.63) is 35.9 Å². The third-order valence-electron chi connectivity index (χ3n) is 2.75. The first-order valence-corrected chi connectivity index (χ1v) is 5.86. The van der Waals surface area contributed by atoms with Crippen molar-refractivity contribution in [2.75, 3.05) is 7.11 Å². The van der Waals surface area contributed by atoms with Crippen molar-refractivity contribution in [1.82, 2.24) is 4.90 Å². The van der Waals surface area contributed by atoms with Crippen LogP contribution in [0.2, 0.25) is 0 Å². The lowest BCUT2D eigenvalue weighted by atomic mass is 10.1. The summed E-state index contributed by atoms with van der Waals surface area (Å²) in [4.78, 5) is 25.2. The van der Waals surface area contributed by atoms with Crippen LogP contribution in [0.1, 0.15) is 23.5 Å². The first kappa shape index (κ1) is 11.0. The summed E-state index contributed by atoms with van der Waals surface area (Å²) in [6, 6.07) is 6.29. The van der Waals surface area contributed by atoms with Crippen molar-refractivity contribution in [3.8, 4) is 0 Å². The molecule has 0 heterocycles. The third-order valence-corrected chi connectivity index (χ3v) is 2.75. The Labute approximate surface area is 117 Å². The Bertz CT molecular complexity index is 520. The predicted octanol–water partition coefficient (Wildman–Crippen LogP) is 0.924. The van der Waals surface area contributed by atoms with Crippen molar-refractivity contribution in [2.24, 2.45) is 5.73 Å². The van der Waals surface area contributed by atoms with Gasteiger partial charge in [-0.1, -0.05) is 30.3 Å². The first-order valence-electron chi connectivity index (χ1n) is 7.36. The fourth-order valence-electron chi connectivity index (χ4n) is 1.66. The number of nitrogens with zero attached hydrogens (tertiary/aromatic N) is 1. The van der Waals surface area contributed by atoms with Crippen LogP contribution in [0.4, 0.5) is 0 Å². The summed E-state index contributed by atoms with van der Waals surface area (Å²) in [6.45, 7) is -1.10. The summed E-state index contributed by atoms with van der Waals surface area (Å²) >= 11 is 0. The minimum atomic E-state index is -2.64. The second-order valence-corrected chi connectivity index (χ2v) is 4.13. The van der Waals surface area contributed by atoms with Gasteiger partial charge in [0, 0.05) is 10.7 Å². The van der Waals surface area contributed by atoms with Gasteiger partial charge < -0.3 is 15.4 Å². The number of rotatable bonds is 5. The van der Waals surface area contributed by atoms with E-state index in [1.54, 1.807) is 24.3 Å². The van der Waals surface area contributed by atoms with Crippen molar-refractivity contribution in [1.29, 1.82) is 0 Å². The second-order valence-electron chi connectivity index (χ2n) is 4.13. The predicted molar refractivity (Wildman–Crippen MR) is 72.1 cm³/mol. The summed E-state index contributed by atoms with van der Waals surface area (Å²) < 4.78 is 26.5. The number of esters is 1. The SMILES string of the molecule is [2H]C([2H])([2H])[C@@H](N)C(=O)N(Cc1ccccc1)[C@@H](C)C(=O)OC. The van der Waals surface area contributed by atoms with Gasteiger partial charge in [0.25, 0.3) is 0 Å². The second kappa shape index (κ2) is 6.89. The van der Waals surface area contributed by atoms with Crippen LogP contribution < -0.4 is 5.73 Å². The molecule has 0 bridgehead atoms. The highest BCUT2D eigenvalue weighted by Gasteiger charge is 2.28. The molecule has 0 spiro atoms. The monoisotopic (exact) mass is 267 g/mol. The standard InChI is InChI=1S/C14H20N2O3/c1-10(15)13(17)16(11(2)14(18)19-3)9-12-7-5-4-6-8-12/h4-8,10-11H,9,15H2,1-3H3/t10-,11+/m1/s1/i1D3. The maximum absolute atomic E-state index is 12.4. The van der Waals surface area contributed by atoms with E-state index in [2.05, 4.69) is 4.74 Å². The Hall–Kier alpha value is -1.88. The lowest BCUT2D eigenvalue weighted by molar-refractivity contribution is -0.152. The Morgan fingerprint density at radius 3 is 2.58 bits per heavy atom. The Kier molecular flexibility index (Phi) is 3.99. The van der Waals surface area contributed by atoms with E-state index in [9.17, 15) is 9.59 Å². The minimum Gasteiger partial charge on any atom is -0.467 e. The van der Waals surface area contributed by atoms with Crippen LogP contribution in [0, 0.1) is 0 Å². The Morgan fingerprint density at radius 2 is 2.05 bits per heavy atom. The van der Waals surface area contributed by atoms with Crippen molar-refractivity contribution in [2.45, 2.75) is 32.4 Å². The Balaban J connectivity index is 3.06. The number of benzene rings is 1. The molecule has 2 N–H and O–H groups in total. The minimum absolute atomic E-state index is 0.0692. The van der Waals surface area contributed by atoms with Crippen LogP contribution in [0.15, 0.2) is 30.3 Å². The van der Waals surface area contributed by atoms with Crippen LogP contribution in [0.3, 0.4) is 0 Å². The number of nitrogens with two attached hydrogens (primary N) is 1. The molecule has 104 valence electrons. The quantitative estimate of drug-likeness (QED) is 0.805. The molecule has 0 aliphatic rings. The normalized spacial score (nSPS) is 16.5. The van der Waals surface area contributed by atoms with Gasteiger partial charge in [-0.05, 0) is 19.3 Å². The van der Waals surface area contributed by atoms with Gasteiger partial charge in [-0.15, -0.1) is 0 Å². The summed E-state index contributed by atoms with van der Waals surface area (Å²) in [5.74, 6) is -1.45. The molecule has 0 unspecified atom stereocenters. The third kappa shape index (κ3) is 4.06. The van der Waals surface area contributed by atoms with Crippen LogP contribution in [-0.2, 0) is 20.9 Å². The van der Waals surface area contributed by atoms with Gasteiger partial charge >= 0.3 is 5.97 Å². The molecule has 1 aromatic rings. The maximum Gasteiger partial charge on any atom is 0.328 e. The van der Waals surface area contributed by atoms with Gasteiger partial charge in [0.2, 0.25) is 5.91 Å². The lowest BCUT2D eigenvalue weighted by Gasteiger charge is -2.29. The highest BCUT2D eigenvalue weighted by molar-refractivity contribution is 5.87. The summed E-state index contributed by atoms with van der Waals surface area (Å²) in [7, 11) is 1.20. The van der Waals surface area contributed by atoms with Gasteiger partial charge in [0.15, 0.2) is 0 Å². The summed E-state index contributed by atoms with van der Waals surface area (Å²) in [5.41, 5.74) is 6.28. The molecule has 0 fully saturated rings. The van der Waals surface area contributed by atoms with Crippen molar-refractivity contribution < 1.29 is 18.4 Å². The van der Waals surface area contributed by atoms with E-state index in [4.69, 9.17) is 9.85 Å². The highest BCUT2D eigenvalue weighted by atomic mass is 16.5. The number of hydrogen-bond donors (Lipinski definition) is 1. The molecule has 0 aromatic heterocycles. The molecule has 19 heavy (non-hydrogen) atoms. The average molecular weight is 267 g/mol. The summed E-state index contributed by atoms with van der Waals surface area (Å²) in [6.07, 6.45) is 0. The van der Waals surface area contributed by atoms with Crippen LogP contribution in [0.25, 0.3) is 0 Å². The number of amides is 1. The molecule has 0 aliphatic heterocycles. The highest BCUT2D eigenvalue weighted by Crippen LogP contribution is 2.11. The molecule has 0 saturated carbocycles. The van der Waals surface area contributed by atoms with E-state index in [0.29, 0.717) is 0 Å². The van der Waals surface area contributed by atoms with Gasteiger partial charge in [-0.2, -0.15) is 0 Å². The fourth-order valence-corrected chi connectivity index (χ4v) is 1.66. The molecule has 1 rings (SSSR count). The average Bonchev–Trinajstić information content (AvgIpc) is 2.49. The molecule has 1 amide bonds. The molecule has 5 heteroatoms. The number of hydrogen-bond acceptors (Lipinski definition) is 4. The molecule has 1 aromatic carbocycles. The van der Waals surface area contributed by atoms with Crippen molar-refractivity contribution in [3.63, 3.8) is 0 Å². The zero-order chi connectivity index (χ0) is 16.9. The number of carbonyl (C=O) groups is 2. The van der Waals surface area contributed by atoms with E-state index < -0.39 is 30.8 Å². The van der Waals surface area contributed by atoms with E-state index in [1.165, 1.54) is 14.0 Å². The molecule has 5 nitrogen and oxygen atoms in total. The van der Waals surface area contributed by atoms with E-state index >= 15 is 0 Å². The number of methoxy groups -OCH3 is 1. The smallest absolute Gasteiger partial charge is 0.328 e. The van der Waals surface area contributed by atoms with Crippen LogP contribution >= 0.6 is 0 Å². The van der Waals surface area contributed by atoms with Crippen LogP contribution in [0.5, 0.6) is 0 Å². The van der Waals surface area contributed by atoms with Gasteiger partial charge in [0.05, 0.1) is 13.2 Å². The molecule has 2 atom stereocenters. The van der Waals surface area contributed by atoms with Gasteiger partial charge in [-0.25, -0.2) is 4.79 Å². The van der Waals surface area contributed by atoms with Crippen LogP contribution in [-0.4, -0.2) is 36.0 Å². The van der Waals surface area contributed by atoms with E-state index in [1.807, 2.05) is 6.07 Å². The zero-order valence-electron chi connectivity index (χ0n) is 14.0. The van der Waals surface area contributed by atoms with Crippen molar-refractivity contribution >= 4 is 11.9 Å². The molecule has 0 aliphatic carbocycles. The number of ether oxygens (including phenoxy) is 1. The maximum atomic E-state index is 12.4. The largest absolute Gasteiger partial charge is 0.467 e. The molecular formula is C14H20N2O3. The van der Waals surface area contributed by atoms with E-state index in [0.717, 1.165) is 10.5 Å². The number of carbonyl (C=O) groups excluding carboxylic acids is 2. The lowest BCUT2D eigenvalue weighted by Crippen LogP contribution is -2.49. The zero-order valence-corrected chi connectivity index (χ0v) is 11.0. The Morgan fingerprint density at radius 1 is 1.42 bits per heavy atom. The fraction of sp³-hybridized carbons (Fsp3) is 0.429. The molecular weight excluding hydrogens is 244 g/mol. The first-order chi connectivity index (χ1) is 10.2. The van der Waals surface area contributed by atoms with Gasteiger partial charge in [0.1, 0.15) is 6.04 Å². The van der Waals surface area contributed by atoms with E-state index in [-0.39, 0.29) is 6.54 Å². The van der Waals surface area contributed by atoms with Gasteiger partial charge in [-0.3, -0.25) is 4.79 Å². The molecule has 0 radical (unpaired) electrons. The molecule has 0 saturated heterocycles. The summed E-state index contributed by atoms with van der Waals surface area (Å²) in [5, 5.41) is 0. The topological polar surface area (TPSA) is 72.6 Å².